The maximum absolute atomic E-state index is 13.0. The first-order valence-corrected chi connectivity index (χ1v) is 9.40. The Morgan fingerprint density at radius 2 is 2.08 bits per heavy atom. The summed E-state index contributed by atoms with van der Waals surface area (Å²) in [6.45, 7) is 1.12. The molecule has 1 aliphatic rings. The van der Waals surface area contributed by atoms with Gasteiger partial charge in [-0.15, -0.1) is 11.8 Å². The number of aromatic nitrogens is 1. The van der Waals surface area contributed by atoms with Gasteiger partial charge in [-0.25, -0.2) is 0 Å². The van der Waals surface area contributed by atoms with Gasteiger partial charge in [0.25, 0.3) is 0 Å². The molecular formula is C20H20N2O2S. The molecule has 1 aromatic heterocycles. The first kappa shape index (κ1) is 16.1. The molecule has 0 fully saturated rings. The van der Waals surface area contributed by atoms with Crippen LogP contribution in [0.1, 0.15) is 6.42 Å². The fourth-order valence-corrected chi connectivity index (χ4v) is 4.25. The van der Waals surface area contributed by atoms with Crippen LogP contribution in [0.4, 0.5) is 5.69 Å². The molecule has 0 N–H and O–H groups in total. The van der Waals surface area contributed by atoms with Crippen molar-refractivity contribution >= 4 is 34.3 Å². The van der Waals surface area contributed by atoms with Crippen LogP contribution in [-0.4, -0.2) is 29.9 Å². The second kappa shape index (κ2) is 6.84. The molecule has 1 aliphatic heterocycles. The van der Waals surface area contributed by atoms with Gasteiger partial charge in [0.05, 0.1) is 12.8 Å². The van der Waals surface area contributed by atoms with E-state index in [0.29, 0.717) is 6.54 Å². The van der Waals surface area contributed by atoms with Crippen molar-refractivity contribution in [2.24, 2.45) is 0 Å². The van der Waals surface area contributed by atoms with Gasteiger partial charge in [-0.2, -0.15) is 0 Å². The zero-order valence-corrected chi connectivity index (χ0v) is 15.0. The van der Waals surface area contributed by atoms with E-state index in [9.17, 15) is 4.79 Å². The van der Waals surface area contributed by atoms with E-state index in [2.05, 4.69) is 6.07 Å². The number of carbonyl (C=O) groups is 1. The van der Waals surface area contributed by atoms with Crippen molar-refractivity contribution in [3.8, 4) is 5.75 Å². The van der Waals surface area contributed by atoms with Gasteiger partial charge in [0.2, 0.25) is 5.91 Å². The number of rotatable bonds is 3. The van der Waals surface area contributed by atoms with Gasteiger partial charge in [0.15, 0.2) is 0 Å². The van der Waals surface area contributed by atoms with Gasteiger partial charge in [0, 0.05) is 28.5 Å². The number of para-hydroxylation sites is 1. The maximum Gasteiger partial charge on any atom is 0.246 e. The summed E-state index contributed by atoms with van der Waals surface area (Å²) < 4.78 is 7.29. The first-order chi connectivity index (χ1) is 12.3. The molecule has 0 saturated carbocycles. The number of fused-ring (bicyclic) bond motifs is 2. The molecule has 0 radical (unpaired) electrons. The normalized spacial score (nSPS) is 14.2. The minimum atomic E-state index is 0.128. The Hall–Kier alpha value is -2.40. The zero-order valence-electron chi connectivity index (χ0n) is 14.1. The standard InChI is InChI=1S/C20H20N2O2S/c1-24-16-7-8-17-15(13-16)9-11-21(17)14-20(23)22-10-4-12-25-19-6-3-2-5-18(19)22/h2-3,5-9,11,13H,4,10,12,14H2,1H3. The van der Waals surface area contributed by atoms with Crippen LogP contribution in [0.25, 0.3) is 10.9 Å². The number of nitrogens with zero attached hydrogens (tertiary/aromatic N) is 2. The Morgan fingerprint density at radius 1 is 1.20 bits per heavy atom. The Morgan fingerprint density at radius 3 is 2.96 bits per heavy atom. The predicted octanol–water partition coefficient (Wildman–Crippen LogP) is 4.18. The number of carbonyl (C=O) groups excluding carboxylic acids is 1. The maximum atomic E-state index is 13.0. The molecule has 0 spiro atoms. The van der Waals surface area contributed by atoms with Crippen molar-refractivity contribution in [2.45, 2.75) is 17.9 Å². The third-order valence-electron chi connectivity index (χ3n) is 4.52. The van der Waals surface area contributed by atoms with Gasteiger partial charge in [-0.05, 0) is 48.6 Å². The lowest BCUT2D eigenvalue weighted by molar-refractivity contribution is -0.119. The Bertz CT molecular complexity index is 919. The monoisotopic (exact) mass is 352 g/mol. The van der Waals surface area contributed by atoms with Gasteiger partial charge >= 0.3 is 0 Å². The number of methoxy groups -OCH3 is 1. The summed E-state index contributed by atoms with van der Waals surface area (Å²) in [4.78, 5) is 16.1. The van der Waals surface area contributed by atoms with E-state index < -0.39 is 0 Å². The molecule has 1 amide bonds. The van der Waals surface area contributed by atoms with Crippen LogP contribution in [0, 0.1) is 0 Å². The first-order valence-electron chi connectivity index (χ1n) is 8.41. The molecular weight excluding hydrogens is 332 g/mol. The Balaban J connectivity index is 1.62. The summed E-state index contributed by atoms with van der Waals surface area (Å²) in [7, 11) is 1.66. The molecule has 5 heteroatoms. The van der Waals surface area contributed by atoms with Gasteiger partial charge in [-0.1, -0.05) is 12.1 Å². The van der Waals surface area contributed by atoms with Crippen molar-refractivity contribution in [3.63, 3.8) is 0 Å². The molecule has 128 valence electrons. The van der Waals surface area contributed by atoms with E-state index in [4.69, 9.17) is 4.74 Å². The summed E-state index contributed by atoms with van der Waals surface area (Å²) in [5.41, 5.74) is 2.08. The van der Waals surface area contributed by atoms with Gasteiger partial charge < -0.3 is 14.2 Å². The molecule has 4 nitrogen and oxygen atoms in total. The molecule has 2 aromatic carbocycles. The minimum absolute atomic E-state index is 0.128. The van der Waals surface area contributed by atoms with Crippen molar-refractivity contribution in [1.82, 2.24) is 4.57 Å². The van der Waals surface area contributed by atoms with Crippen LogP contribution in [0.2, 0.25) is 0 Å². The molecule has 2 heterocycles. The van der Waals surface area contributed by atoms with E-state index >= 15 is 0 Å². The van der Waals surface area contributed by atoms with Crippen molar-refractivity contribution < 1.29 is 9.53 Å². The molecule has 0 saturated heterocycles. The third kappa shape index (κ3) is 3.12. The number of amides is 1. The second-order valence-electron chi connectivity index (χ2n) is 6.08. The van der Waals surface area contributed by atoms with Crippen LogP contribution in [-0.2, 0) is 11.3 Å². The number of thioether (sulfide) groups is 1. The fraction of sp³-hybridized carbons (Fsp3) is 0.250. The Kier molecular flexibility index (Phi) is 4.40. The van der Waals surface area contributed by atoms with Crippen molar-refractivity contribution in [3.05, 3.63) is 54.7 Å². The summed E-state index contributed by atoms with van der Waals surface area (Å²) >= 11 is 1.83. The van der Waals surface area contributed by atoms with E-state index in [-0.39, 0.29) is 5.91 Å². The molecule has 25 heavy (non-hydrogen) atoms. The highest BCUT2D eigenvalue weighted by Gasteiger charge is 2.21. The van der Waals surface area contributed by atoms with Crippen molar-refractivity contribution in [1.29, 1.82) is 0 Å². The highest BCUT2D eigenvalue weighted by Crippen LogP contribution is 2.33. The summed E-state index contributed by atoms with van der Waals surface area (Å²) in [6.07, 6.45) is 2.98. The van der Waals surface area contributed by atoms with E-state index in [1.54, 1.807) is 7.11 Å². The summed E-state index contributed by atoms with van der Waals surface area (Å²) in [6, 6.07) is 16.1. The lowest BCUT2D eigenvalue weighted by Gasteiger charge is -2.23. The number of hydrogen-bond acceptors (Lipinski definition) is 3. The quantitative estimate of drug-likeness (QED) is 0.709. The fourth-order valence-electron chi connectivity index (χ4n) is 3.26. The van der Waals surface area contributed by atoms with E-state index in [0.717, 1.165) is 41.1 Å². The predicted molar refractivity (Wildman–Crippen MR) is 103 cm³/mol. The lowest BCUT2D eigenvalue weighted by atomic mass is 10.2. The lowest BCUT2D eigenvalue weighted by Crippen LogP contribution is -2.34. The number of hydrogen-bond donors (Lipinski definition) is 0. The molecule has 4 rings (SSSR count). The number of anilines is 1. The average molecular weight is 352 g/mol. The molecule has 0 unspecified atom stereocenters. The van der Waals surface area contributed by atoms with Crippen molar-refractivity contribution in [2.75, 3.05) is 24.3 Å². The molecule has 0 bridgehead atoms. The summed E-state index contributed by atoms with van der Waals surface area (Å²) in [5, 5.41) is 1.08. The van der Waals surface area contributed by atoms with Gasteiger partial charge in [-0.3, -0.25) is 4.79 Å². The highest BCUT2D eigenvalue weighted by molar-refractivity contribution is 7.99. The third-order valence-corrected chi connectivity index (χ3v) is 5.67. The topological polar surface area (TPSA) is 34.5 Å². The molecule has 0 aliphatic carbocycles. The van der Waals surface area contributed by atoms with Crippen LogP contribution < -0.4 is 9.64 Å². The molecule has 0 atom stereocenters. The minimum Gasteiger partial charge on any atom is -0.497 e. The van der Waals surface area contributed by atoms with Crippen LogP contribution in [0.5, 0.6) is 5.75 Å². The second-order valence-corrected chi connectivity index (χ2v) is 7.22. The van der Waals surface area contributed by atoms with Crippen LogP contribution in [0.15, 0.2) is 59.6 Å². The smallest absolute Gasteiger partial charge is 0.246 e. The van der Waals surface area contributed by atoms with Crippen LogP contribution >= 0.6 is 11.8 Å². The summed E-state index contributed by atoms with van der Waals surface area (Å²) in [5.74, 6) is 2.01. The zero-order chi connectivity index (χ0) is 17.2. The Labute approximate surface area is 151 Å². The van der Waals surface area contributed by atoms with Crippen LogP contribution in [0.3, 0.4) is 0 Å². The SMILES string of the molecule is COc1ccc2c(ccn2CC(=O)N2CCCSc3ccccc32)c1. The van der Waals surface area contributed by atoms with E-state index in [1.165, 1.54) is 4.90 Å². The average Bonchev–Trinajstić information content (AvgIpc) is 2.90. The number of ether oxygens (including phenoxy) is 1. The largest absolute Gasteiger partial charge is 0.497 e. The molecule has 3 aromatic rings. The van der Waals surface area contributed by atoms with E-state index in [1.807, 2.05) is 69.9 Å². The van der Waals surface area contributed by atoms with Gasteiger partial charge in [0.1, 0.15) is 12.3 Å². The number of benzene rings is 2. The highest BCUT2D eigenvalue weighted by atomic mass is 32.2.